The first kappa shape index (κ1) is 16.8. The van der Waals surface area contributed by atoms with Crippen LogP contribution in [-0.2, 0) is 11.2 Å². The normalized spacial score (nSPS) is 13.2. The molecule has 0 unspecified atom stereocenters. The van der Waals surface area contributed by atoms with Gasteiger partial charge >= 0.3 is 5.97 Å². The van der Waals surface area contributed by atoms with Crippen molar-refractivity contribution in [1.29, 1.82) is 0 Å². The van der Waals surface area contributed by atoms with Crippen LogP contribution in [0.15, 0.2) is 53.7 Å². The first-order chi connectivity index (χ1) is 12.7. The van der Waals surface area contributed by atoms with Crippen molar-refractivity contribution < 1.29 is 9.90 Å². The second-order valence-electron chi connectivity index (χ2n) is 5.71. The number of carboxylic acid groups (broad SMARTS) is 1. The molecule has 0 amide bonds. The molecule has 0 radical (unpaired) electrons. The Bertz CT molecular complexity index is 1020. The molecule has 5 nitrogen and oxygen atoms in total. The molecular formula is C19H15N3O2S2. The lowest BCUT2D eigenvalue weighted by atomic mass is 10.1. The predicted molar refractivity (Wildman–Crippen MR) is 105 cm³/mol. The van der Waals surface area contributed by atoms with Crippen LogP contribution in [0.3, 0.4) is 0 Å². The highest BCUT2D eigenvalue weighted by atomic mass is 32.2. The van der Waals surface area contributed by atoms with Crippen LogP contribution in [-0.4, -0.2) is 32.0 Å². The Labute approximate surface area is 158 Å². The van der Waals surface area contributed by atoms with Gasteiger partial charge in [0.1, 0.15) is 0 Å². The van der Waals surface area contributed by atoms with Gasteiger partial charge in [-0.1, -0.05) is 54.3 Å². The molecule has 0 bridgehead atoms. The Kier molecular flexibility index (Phi) is 4.73. The van der Waals surface area contributed by atoms with E-state index < -0.39 is 5.97 Å². The van der Waals surface area contributed by atoms with Gasteiger partial charge in [0.2, 0.25) is 5.16 Å². The van der Waals surface area contributed by atoms with Crippen molar-refractivity contribution in [3.63, 3.8) is 0 Å². The summed E-state index contributed by atoms with van der Waals surface area (Å²) in [5, 5.41) is 16.1. The van der Waals surface area contributed by atoms with Crippen LogP contribution in [0.1, 0.15) is 16.0 Å². The highest BCUT2D eigenvalue weighted by molar-refractivity contribution is 7.99. The van der Waals surface area contributed by atoms with Crippen LogP contribution >= 0.6 is 23.1 Å². The molecule has 3 aromatic rings. The zero-order chi connectivity index (χ0) is 17.9. The highest BCUT2D eigenvalue weighted by Gasteiger charge is 2.12. The van der Waals surface area contributed by atoms with Crippen LogP contribution in [0.2, 0.25) is 0 Å². The zero-order valence-corrected chi connectivity index (χ0v) is 15.3. The molecule has 7 heteroatoms. The standard InChI is InChI=1S/C19H15N3O2S2/c23-17(24)11-25-19-20-18(21-22-19)16-10-9-15(26-16)14-7-5-12-3-1-2-4-13(12)6-8-14/h1-5,7-10H,6,11H2,(H,23,24)(H,20,21,22). The van der Waals surface area contributed by atoms with Crippen molar-refractivity contribution >= 4 is 40.7 Å². The van der Waals surface area contributed by atoms with Gasteiger partial charge in [0.05, 0.1) is 10.6 Å². The van der Waals surface area contributed by atoms with Crippen molar-refractivity contribution in [2.24, 2.45) is 0 Å². The third-order valence-corrected chi connectivity index (χ3v) is 5.93. The zero-order valence-electron chi connectivity index (χ0n) is 13.7. The van der Waals surface area contributed by atoms with E-state index in [1.165, 1.54) is 21.6 Å². The number of aliphatic carboxylic acids is 1. The molecule has 0 spiro atoms. The third-order valence-electron chi connectivity index (χ3n) is 3.95. The summed E-state index contributed by atoms with van der Waals surface area (Å²) in [5.74, 6) is -0.269. The number of fused-ring (bicyclic) bond motifs is 1. The maximum absolute atomic E-state index is 10.6. The van der Waals surface area contributed by atoms with Gasteiger partial charge < -0.3 is 5.11 Å². The lowest BCUT2D eigenvalue weighted by Crippen LogP contribution is -1.97. The first-order valence-corrected chi connectivity index (χ1v) is 9.83. The topological polar surface area (TPSA) is 78.9 Å². The number of thiophene rings is 1. The quantitative estimate of drug-likeness (QED) is 0.642. The maximum Gasteiger partial charge on any atom is 0.313 e. The molecule has 0 aliphatic heterocycles. The molecule has 0 saturated carbocycles. The summed E-state index contributed by atoms with van der Waals surface area (Å²) in [6, 6.07) is 12.5. The molecule has 4 rings (SSSR count). The van der Waals surface area contributed by atoms with Crippen molar-refractivity contribution in [1.82, 2.24) is 15.2 Å². The maximum atomic E-state index is 10.6. The third kappa shape index (κ3) is 3.63. The smallest absolute Gasteiger partial charge is 0.313 e. The molecule has 26 heavy (non-hydrogen) atoms. The van der Waals surface area contributed by atoms with E-state index in [4.69, 9.17) is 5.11 Å². The fourth-order valence-electron chi connectivity index (χ4n) is 2.70. The molecule has 0 fully saturated rings. The number of hydrogen-bond acceptors (Lipinski definition) is 5. The van der Waals surface area contributed by atoms with E-state index >= 15 is 0 Å². The Morgan fingerprint density at radius 1 is 1.19 bits per heavy atom. The van der Waals surface area contributed by atoms with Crippen molar-refractivity contribution in [2.45, 2.75) is 11.6 Å². The number of rotatable bonds is 5. The van der Waals surface area contributed by atoms with Crippen molar-refractivity contribution in [2.75, 3.05) is 5.75 Å². The van der Waals surface area contributed by atoms with Gasteiger partial charge in [0.15, 0.2) is 5.82 Å². The fraction of sp³-hybridized carbons (Fsp3) is 0.105. The van der Waals surface area contributed by atoms with E-state index in [0.717, 1.165) is 23.1 Å². The number of aromatic nitrogens is 3. The molecule has 130 valence electrons. The Balaban J connectivity index is 1.54. The van der Waals surface area contributed by atoms with Gasteiger partial charge in [-0.2, -0.15) is 0 Å². The lowest BCUT2D eigenvalue weighted by molar-refractivity contribution is -0.133. The second-order valence-corrected chi connectivity index (χ2v) is 7.73. The number of hydrogen-bond donors (Lipinski definition) is 2. The van der Waals surface area contributed by atoms with Gasteiger partial charge in [-0.15, -0.1) is 16.4 Å². The summed E-state index contributed by atoms with van der Waals surface area (Å²) < 4.78 is 0. The highest BCUT2D eigenvalue weighted by Crippen LogP contribution is 2.33. The molecular weight excluding hydrogens is 366 g/mol. The first-order valence-electron chi connectivity index (χ1n) is 8.03. The minimum Gasteiger partial charge on any atom is -0.481 e. The number of nitrogens with one attached hydrogen (secondary N) is 1. The van der Waals surface area contributed by atoms with E-state index in [2.05, 4.69) is 63.7 Å². The molecule has 1 aromatic carbocycles. The molecule has 0 saturated heterocycles. The van der Waals surface area contributed by atoms with Crippen molar-refractivity contribution in [3.05, 3.63) is 64.6 Å². The lowest BCUT2D eigenvalue weighted by Gasteiger charge is -1.99. The van der Waals surface area contributed by atoms with E-state index in [0.29, 0.717) is 11.0 Å². The fourth-order valence-corrected chi connectivity index (χ4v) is 4.19. The number of thioether (sulfide) groups is 1. The minimum absolute atomic E-state index is 0.0504. The van der Waals surface area contributed by atoms with Gasteiger partial charge in [0, 0.05) is 4.88 Å². The second kappa shape index (κ2) is 7.31. The number of benzene rings is 1. The molecule has 1 aliphatic rings. The van der Waals surface area contributed by atoms with Crippen molar-refractivity contribution in [3.8, 4) is 10.7 Å². The monoisotopic (exact) mass is 381 g/mol. The number of allylic oxidation sites excluding steroid dienone is 3. The predicted octanol–water partition coefficient (Wildman–Crippen LogP) is 4.36. The summed E-state index contributed by atoms with van der Waals surface area (Å²) in [6.07, 6.45) is 7.45. The summed E-state index contributed by atoms with van der Waals surface area (Å²) in [5.41, 5.74) is 3.77. The molecule has 2 aromatic heterocycles. The SMILES string of the molecule is O=C(O)CSc1n[nH]c(-c2ccc(C3=CCc4ccccc4C=C3)s2)n1. The van der Waals surface area contributed by atoms with Crippen LogP contribution in [0.5, 0.6) is 0 Å². The number of nitrogens with zero attached hydrogens (tertiary/aromatic N) is 2. The van der Waals surface area contributed by atoms with Crippen LogP contribution < -0.4 is 0 Å². The van der Waals surface area contributed by atoms with Gasteiger partial charge in [0.25, 0.3) is 0 Å². The molecule has 1 aliphatic carbocycles. The van der Waals surface area contributed by atoms with Crippen LogP contribution in [0.4, 0.5) is 0 Å². The number of carbonyl (C=O) groups is 1. The number of carboxylic acids is 1. The van der Waals surface area contributed by atoms with E-state index in [9.17, 15) is 4.79 Å². The van der Waals surface area contributed by atoms with E-state index in [1.54, 1.807) is 11.3 Å². The van der Waals surface area contributed by atoms with Crippen LogP contribution in [0.25, 0.3) is 22.4 Å². The molecule has 2 heterocycles. The number of aromatic amines is 1. The summed E-state index contributed by atoms with van der Waals surface area (Å²) in [7, 11) is 0. The Hall–Kier alpha value is -2.64. The van der Waals surface area contributed by atoms with Crippen LogP contribution in [0, 0.1) is 0 Å². The van der Waals surface area contributed by atoms with Gasteiger partial charge in [-0.3, -0.25) is 9.89 Å². The Morgan fingerprint density at radius 2 is 2.04 bits per heavy atom. The largest absolute Gasteiger partial charge is 0.481 e. The Morgan fingerprint density at radius 3 is 2.92 bits per heavy atom. The van der Waals surface area contributed by atoms with E-state index in [1.807, 2.05) is 6.07 Å². The number of H-pyrrole nitrogens is 1. The van der Waals surface area contributed by atoms with Gasteiger partial charge in [-0.05, 0) is 35.3 Å². The van der Waals surface area contributed by atoms with Gasteiger partial charge in [-0.25, -0.2) is 4.98 Å². The summed E-state index contributed by atoms with van der Waals surface area (Å²) in [6.45, 7) is 0. The minimum atomic E-state index is -0.882. The average Bonchev–Trinajstić information content (AvgIpc) is 3.25. The average molecular weight is 381 g/mol. The molecule has 0 atom stereocenters. The van der Waals surface area contributed by atoms with E-state index in [-0.39, 0.29) is 5.75 Å². The summed E-state index contributed by atoms with van der Waals surface area (Å²) >= 11 is 2.74. The summed E-state index contributed by atoms with van der Waals surface area (Å²) in [4.78, 5) is 17.2. The molecule has 2 N–H and O–H groups in total.